The van der Waals surface area contributed by atoms with Crippen LogP contribution in [0.4, 0.5) is 0 Å². The Morgan fingerprint density at radius 3 is 2.42 bits per heavy atom. The second-order valence-corrected chi connectivity index (χ2v) is 8.38. The molecule has 0 aliphatic carbocycles. The third-order valence-electron chi connectivity index (χ3n) is 2.74. The second kappa shape index (κ2) is 7.36. The van der Waals surface area contributed by atoms with Crippen molar-refractivity contribution >= 4 is 26.9 Å². The van der Waals surface area contributed by atoms with Gasteiger partial charge in [-0.3, -0.25) is 0 Å². The fourth-order valence-electron chi connectivity index (χ4n) is 1.58. The highest BCUT2D eigenvalue weighted by Crippen LogP contribution is 2.23. The Balaban J connectivity index is 2.85. The molecule has 0 amide bonds. The molecule has 0 fully saturated rings. The Kier molecular flexibility index (Phi) is 6.43. The van der Waals surface area contributed by atoms with E-state index in [0.29, 0.717) is 0 Å². The zero-order chi connectivity index (χ0) is 14.5. The average Bonchev–Trinajstić information content (AvgIpc) is 2.34. The SMILES string of the molecule is C=CCC[C@@H](N[S@](=O)C(C)(C)C)c1ccc(Br)cc1. The smallest absolute Gasteiger partial charge is 0.0975 e. The zero-order valence-electron chi connectivity index (χ0n) is 11.8. The van der Waals surface area contributed by atoms with Crippen molar-refractivity contribution in [1.29, 1.82) is 0 Å². The van der Waals surface area contributed by atoms with Crippen LogP contribution in [0.1, 0.15) is 45.2 Å². The fourth-order valence-corrected chi connectivity index (χ4v) is 2.71. The molecule has 0 spiro atoms. The first kappa shape index (κ1) is 16.6. The highest BCUT2D eigenvalue weighted by atomic mass is 79.9. The van der Waals surface area contributed by atoms with E-state index in [1.807, 2.05) is 39.0 Å². The Morgan fingerprint density at radius 2 is 1.95 bits per heavy atom. The van der Waals surface area contributed by atoms with Gasteiger partial charge in [0.2, 0.25) is 0 Å². The van der Waals surface area contributed by atoms with Gasteiger partial charge in [-0.15, -0.1) is 6.58 Å². The molecule has 0 radical (unpaired) electrons. The molecule has 0 aromatic heterocycles. The predicted octanol–water partition coefficient (Wildman–Crippen LogP) is 4.51. The summed E-state index contributed by atoms with van der Waals surface area (Å²) in [5.74, 6) is 0. The van der Waals surface area contributed by atoms with Gasteiger partial charge in [-0.05, 0) is 51.3 Å². The summed E-state index contributed by atoms with van der Waals surface area (Å²) in [6.07, 6.45) is 3.69. The number of hydrogen-bond acceptors (Lipinski definition) is 1. The van der Waals surface area contributed by atoms with Crippen molar-refractivity contribution in [3.05, 3.63) is 47.0 Å². The van der Waals surface area contributed by atoms with Crippen molar-refractivity contribution < 1.29 is 4.21 Å². The van der Waals surface area contributed by atoms with Crippen molar-refractivity contribution in [3.8, 4) is 0 Å². The van der Waals surface area contributed by atoms with E-state index in [2.05, 4.69) is 39.4 Å². The van der Waals surface area contributed by atoms with E-state index in [9.17, 15) is 4.21 Å². The Bertz CT molecular complexity index is 436. The van der Waals surface area contributed by atoms with Crippen molar-refractivity contribution in [1.82, 2.24) is 4.72 Å². The minimum atomic E-state index is -1.07. The van der Waals surface area contributed by atoms with E-state index >= 15 is 0 Å². The summed E-state index contributed by atoms with van der Waals surface area (Å²) in [6, 6.07) is 8.23. The molecule has 0 aliphatic rings. The molecule has 106 valence electrons. The van der Waals surface area contributed by atoms with Gasteiger partial charge in [0.15, 0.2) is 0 Å². The van der Waals surface area contributed by atoms with Crippen LogP contribution >= 0.6 is 15.9 Å². The van der Waals surface area contributed by atoms with E-state index in [0.717, 1.165) is 22.9 Å². The highest BCUT2D eigenvalue weighted by molar-refractivity contribution is 9.10. The lowest BCUT2D eigenvalue weighted by molar-refractivity contribution is 0.575. The molecule has 4 heteroatoms. The second-order valence-electron chi connectivity index (χ2n) is 5.47. The maximum Gasteiger partial charge on any atom is 0.0975 e. The molecular weight excluding hydrogens is 322 g/mol. The standard InChI is InChI=1S/C15H22BrNOS/c1-5-6-7-14(17-19(18)15(2,3)4)12-8-10-13(16)11-9-12/h5,8-11,14,17H,1,6-7H2,2-4H3/t14-,19-/m1/s1. The summed E-state index contributed by atoms with van der Waals surface area (Å²) < 4.78 is 16.3. The minimum absolute atomic E-state index is 0.0890. The Labute approximate surface area is 127 Å². The van der Waals surface area contributed by atoms with Crippen LogP contribution < -0.4 is 4.72 Å². The van der Waals surface area contributed by atoms with E-state index in [4.69, 9.17) is 0 Å². The van der Waals surface area contributed by atoms with Gasteiger partial charge in [0, 0.05) is 10.5 Å². The van der Waals surface area contributed by atoms with Gasteiger partial charge in [0.25, 0.3) is 0 Å². The lowest BCUT2D eigenvalue weighted by Gasteiger charge is -2.24. The molecule has 0 saturated heterocycles. The van der Waals surface area contributed by atoms with Gasteiger partial charge in [0.05, 0.1) is 15.7 Å². The van der Waals surface area contributed by atoms with Crippen molar-refractivity contribution in [3.63, 3.8) is 0 Å². The van der Waals surface area contributed by atoms with Gasteiger partial charge in [-0.2, -0.15) is 0 Å². The maximum absolute atomic E-state index is 12.2. The average molecular weight is 344 g/mol. The number of benzene rings is 1. The van der Waals surface area contributed by atoms with Crippen LogP contribution in [0.3, 0.4) is 0 Å². The number of nitrogens with one attached hydrogen (secondary N) is 1. The molecule has 2 nitrogen and oxygen atoms in total. The first-order chi connectivity index (χ1) is 8.84. The van der Waals surface area contributed by atoms with Crippen LogP contribution in [0.5, 0.6) is 0 Å². The molecule has 2 atom stereocenters. The molecule has 0 aliphatic heterocycles. The van der Waals surface area contributed by atoms with E-state index < -0.39 is 11.0 Å². The molecule has 1 aromatic rings. The van der Waals surface area contributed by atoms with Gasteiger partial charge in [-0.1, -0.05) is 34.1 Å². The van der Waals surface area contributed by atoms with Gasteiger partial charge in [-0.25, -0.2) is 8.93 Å². The quantitative estimate of drug-likeness (QED) is 0.756. The van der Waals surface area contributed by atoms with Crippen LogP contribution in [0.15, 0.2) is 41.4 Å². The molecule has 1 rings (SSSR count). The highest BCUT2D eigenvalue weighted by Gasteiger charge is 2.23. The van der Waals surface area contributed by atoms with Crippen molar-refractivity contribution in [2.24, 2.45) is 0 Å². The monoisotopic (exact) mass is 343 g/mol. The molecule has 0 heterocycles. The Morgan fingerprint density at radius 1 is 1.37 bits per heavy atom. The maximum atomic E-state index is 12.2. The summed E-state index contributed by atoms with van der Waals surface area (Å²) in [6.45, 7) is 9.68. The number of halogens is 1. The summed E-state index contributed by atoms with van der Waals surface area (Å²) in [4.78, 5) is 0. The van der Waals surface area contributed by atoms with Crippen LogP contribution in [0.2, 0.25) is 0 Å². The van der Waals surface area contributed by atoms with Crippen LogP contribution in [0, 0.1) is 0 Å². The number of allylic oxidation sites excluding steroid dienone is 1. The molecule has 0 bridgehead atoms. The first-order valence-corrected chi connectivity index (χ1v) is 8.33. The molecule has 0 unspecified atom stereocenters. The van der Waals surface area contributed by atoms with Crippen LogP contribution in [-0.2, 0) is 11.0 Å². The zero-order valence-corrected chi connectivity index (χ0v) is 14.2. The molecule has 1 aromatic carbocycles. The van der Waals surface area contributed by atoms with Gasteiger partial charge in [0.1, 0.15) is 0 Å². The van der Waals surface area contributed by atoms with Gasteiger partial charge < -0.3 is 0 Å². The summed E-state index contributed by atoms with van der Waals surface area (Å²) in [7, 11) is -1.07. The Hall–Kier alpha value is -0.450. The van der Waals surface area contributed by atoms with E-state index in [1.165, 1.54) is 0 Å². The van der Waals surface area contributed by atoms with Crippen LogP contribution in [0.25, 0.3) is 0 Å². The third-order valence-corrected chi connectivity index (χ3v) is 4.88. The largest absolute Gasteiger partial charge is 0.242 e. The number of rotatable bonds is 6. The summed E-state index contributed by atoms with van der Waals surface area (Å²) in [5, 5.41) is 0. The van der Waals surface area contributed by atoms with Gasteiger partial charge >= 0.3 is 0 Å². The minimum Gasteiger partial charge on any atom is -0.242 e. The molecule has 1 N–H and O–H groups in total. The van der Waals surface area contributed by atoms with E-state index in [1.54, 1.807) is 0 Å². The van der Waals surface area contributed by atoms with Crippen LogP contribution in [-0.4, -0.2) is 8.96 Å². The normalized spacial score (nSPS) is 14.9. The third kappa shape index (κ3) is 5.59. The van der Waals surface area contributed by atoms with Crippen molar-refractivity contribution in [2.45, 2.75) is 44.4 Å². The number of hydrogen-bond donors (Lipinski definition) is 1. The van der Waals surface area contributed by atoms with Crippen molar-refractivity contribution in [2.75, 3.05) is 0 Å². The lowest BCUT2D eigenvalue weighted by atomic mass is 10.0. The lowest BCUT2D eigenvalue weighted by Crippen LogP contribution is -2.35. The first-order valence-electron chi connectivity index (χ1n) is 6.39. The van der Waals surface area contributed by atoms with E-state index in [-0.39, 0.29) is 10.8 Å². The fraction of sp³-hybridized carbons (Fsp3) is 0.467. The topological polar surface area (TPSA) is 29.1 Å². The molecule has 0 saturated carbocycles. The molecule has 19 heavy (non-hydrogen) atoms. The summed E-state index contributed by atoms with van der Waals surface area (Å²) in [5.41, 5.74) is 1.16. The molecular formula is C15H22BrNOS. The summed E-state index contributed by atoms with van der Waals surface area (Å²) >= 11 is 3.43. The predicted molar refractivity (Wildman–Crippen MR) is 87.3 cm³/mol.